The van der Waals surface area contributed by atoms with Gasteiger partial charge in [0.05, 0.1) is 0 Å². The van der Waals surface area contributed by atoms with E-state index in [2.05, 4.69) is 53.5 Å². The Morgan fingerprint density at radius 1 is 1.18 bits per heavy atom. The van der Waals surface area contributed by atoms with Gasteiger partial charge in [-0.3, -0.25) is 0 Å². The first kappa shape index (κ1) is 11.5. The van der Waals surface area contributed by atoms with E-state index in [1.807, 2.05) is 0 Å². The first-order valence-electron chi connectivity index (χ1n) is 4.31. The van der Waals surface area contributed by atoms with Crippen molar-refractivity contribution in [3.63, 3.8) is 0 Å². The third-order valence-electron chi connectivity index (χ3n) is 1.64. The summed E-state index contributed by atoms with van der Waals surface area (Å²) in [6, 6.07) is 0. The van der Waals surface area contributed by atoms with E-state index < -0.39 is 0 Å². The summed E-state index contributed by atoms with van der Waals surface area (Å²) in [6.45, 7) is 6.92. The van der Waals surface area contributed by atoms with E-state index in [1.165, 1.54) is 25.7 Å². The Bertz CT molecular complexity index is 109. The second-order valence-corrected chi connectivity index (χ2v) is 4.89. The lowest BCUT2D eigenvalue weighted by Gasteiger charge is -2.16. The fraction of sp³-hybridized carbons (Fsp3) is 0.800. The smallest absolute Gasteiger partial charge is 0.0274 e. The molecule has 0 heterocycles. The first-order chi connectivity index (χ1) is 5.06. The summed E-state index contributed by atoms with van der Waals surface area (Å²) in [5, 5.41) is 0. The van der Waals surface area contributed by atoms with Gasteiger partial charge in [-0.15, -0.1) is 0 Å². The minimum Gasteiger partial charge on any atom is -0.0785 e. The Kier molecular flexibility index (Phi) is 6.30. The predicted molar refractivity (Wildman–Crippen MR) is 61.1 cm³/mol. The van der Waals surface area contributed by atoms with Crippen LogP contribution >= 0.6 is 22.6 Å². The fourth-order valence-electron chi connectivity index (χ4n) is 0.981. The maximum Gasteiger partial charge on any atom is -0.0274 e. The van der Waals surface area contributed by atoms with Crippen LogP contribution in [-0.2, 0) is 0 Å². The van der Waals surface area contributed by atoms with Gasteiger partial charge in [0, 0.05) is 0 Å². The molecule has 0 radical (unpaired) electrons. The maximum atomic E-state index is 2.31. The van der Waals surface area contributed by atoms with Crippen molar-refractivity contribution in [2.45, 2.75) is 46.5 Å². The van der Waals surface area contributed by atoms with Gasteiger partial charge >= 0.3 is 0 Å². The molecule has 0 amide bonds. The van der Waals surface area contributed by atoms with E-state index in [9.17, 15) is 0 Å². The van der Waals surface area contributed by atoms with Crippen LogP contribution in [0.2, 0.25) is 0 Å². The molecule has 0 aromatic heterocycles. The largest absolute Gasteiger partial charge is 0.0785 e. The Morgan fingerprint density at radius 2 is 1.82 bits per heavy atom. The predicted octanol–water partition coefficient (Wildman–Crippen LogP) is 4.54. The van der Waals surface area contributed by atoms with Crippen LogP contribution in [0.3, 0.4) is 0 Å². The van der Waals surface area contributed by atoms with Crippen LogP contribution < -0.4 is 0 Å². The zero-order valence-corrected chi connectivity index (χ0v) is 10.0. The van der Waals surface area contributed by atoms with Gasteiger partial charge in [-0.25, -0.2) is 0 Å². The Hall–Kier alpha value is 0.470. The summed E-state index contributed by atoms with van der Waals surface area (Å²) in [5.41, 5.74) is 0.522. The van der Waals surface area contributed by atoms with Crippen molar-refractivity contribution >= 4 is 22.6 Å². The van der Waals surface area contributed by atoms with Crippen molar-refractivity contribution in [3.8, 4) is 0 Å². The molecular weight excluding hydrogens is 247 g/mol. The summed E-state index contributed by atoms with van der Waals surface area (Å²) in [7, 11) is 0. The molecule has 0 atom stereocenters. The minimum atomic E-state index is 0.522. The molecule has 11 heavy (non-hydrogen) atoms. The molecule has 0 aliphatic carbocycles. The van der Waals surface area contributed by atoms with Crippen LogP contribution in [0.15, 0.2) is 10.2 Å². The molecule has 0 aromatic carbocycles. The van der Waals surface area contributed by atoms with Gasteiger partial charge in [-0.05, 0) is 28.8 Å². The summed E-state index contributed by atoms with van der Waals surface area (Å²) < 4.78 is 2.11. The van der Waals surface area contributed by atoms with Crippen LogP contribution in [0.4, 0.5) is 0 Å². The van der Waals surface area contributed by atoms with Crippen molar-refractivity contribution in [1.82, 2.24) is 0 Å². The topological polar surface area (TPSA) is 0 Å². The van der Waals surface area contributed by atoms with Gasteiger partial charge in [-0.2, -0.15) is 0 Å². The van der Waals surface area contributed by atoms with Gasteiger partial charge in [0.2, 0.25) is 0 Å². The minimum absolute atomic E-state index is 0.522. The van der Waals surface area contributed by atoms with Crippen LogP contribution in [-0.4, -0.2) is 0 Å². The molecule has 0 rings (SSSR count). The second-order valence-electron chi connectivity index (χ2n) is 4.17. The van der Waals surface area contributed by atoms with E-state index in [0.717, 1.165) is 0 Å². The monoisotopic (exact) mass is 266 g/mol. The van der Waals surface area contributed by atoms with E-state index in [4.69, 9.17) is 0 Å². The molecule has 1 heteroatoms. The summed E-state index contributed by atoms with van der Waals surface area (Å²) in [6.07, 6.45) is 7.55. The van der Waals surface area contributed by atoms with Crippen molar-refractivity contribution in [1.29, 1.82) is 0 Å². The molecule has 0 fully saturated rings. The normalized spacial score (nSPS) is 12.7. The number of halogens is 1. The van der Waals surface area contributed by atoms with Crippen molar-refractivity contribution < 1.29 is 0 Å². The molecule has 0 unspecified atom stereocenters. The fourth-order valence-corrected chi connectivity index (χ4v) is 1.34. The molecule has 66 valence electrons. The van der Waals surface area contributed by atoms with E-state index >= 15 is 0 Å². The van der Waals surface area contributed by atoms with E-state index in [1.54, 1.807) is 0 Å². The highest BCUT2D eigenvalue weighted by Crippen LogP contribution is 2.21. The lowest BCUT2D eigenvalue weighted by molar-refractivity contribution is 0.361. The number of hydrogen-bond acceptors (Lipinski definition) is 0. The lowest BCUT2D eigenvalue weighted by atomic mass is 9.89. The summed E-state index contributed by atoms with van der Waals surface area (Å²) in [4.78, 5) is 0. The van der Waals surface area contributed by atoms with Crippen LogP contribution in [0.25, 0.3) is 0 Å². The van der Waals surface area contributed by atoms with Crippen molar-refractivity contribution in [3.05, 3.63) is 10.2 Å². The van der Waals surface area contributed by atoms with Gasteiger partial charge in [-0.1, -0.05) is 55.9 Å². The third-order valence-corrected chi connectivity index (χ3v) is 2.15. The van der Waals surface area contributed by atoms with Crippen molar-refractivity contribution in [2.75, 3.05) is 0 Å². The van der Waals surface area contributed by atoms with Crippen LogP contribution in [0.1, 0.15) is 46.5 Å². The molecule has 0 aromatic rings. The zero-order chi connectivity index (χ0) is 8.74. The Labute approximate surface area is 84.6 Å². The third kappa shape index (κ3) is 10.5. The van der Waals surface area contributed by atoms with E-state index in [0.29, 0.717) is 5.41 Å². The van der Waals surface area contributed by atoms with Gasteiger partial charge in [0.25, 0.3) is 0 Å². The first-order valence-corrected chi connectivity index (χ1v) is 5.56. The number of rotatable bonds is 4. The standard InChI is InChI=1S/C10H19I/c1-10(2,3)8-6-4-5-7-9-11/h7,9H,4-6,8H2,1-3H3. The Morgan fingerprint density at radius 3 is 2.27 bits per heavy atom. The van der Waals surface area contributed by atoms with E-state index in [-0.39, 0.29) is 0 Å². The van der Waals surface area contributed by atoms with Crippen LogP contribution in [0, 0.1) is 5.41 Å². The number of hydrogen-bond donors (Lipinski definition) is 0. The summed E-state index contributed by atoms with van der Waals surface area (Å²) in [5.74, 6) is 0. The SMILES string of the molecule is CC(C)(C)CCCCC=CI. The average molecular weight is 266 g/mol. The number of unbranched alkanes of at least 4 members (excludes halogenated alkanes) is 2. The molecule has 0 aliphatic rings. The van der Waals surface area contributed by atoms with Gasteiger partial charge in [0.1, 0.15) is 0 Å². The molecule has 0 saturated heterocycles. The molecule has 0 nitrogen and oxygen atoms in total. The van der Waals surface area contributed by atoms with Gasteiger partial charge in [0.15, 0.2) is 0 Å². The summed E-state index contributed by atoms with van der Waals surface area (Å²) >= 11 is 2.27. The molecule has 0 N–H and O–H groups in total. The number of allylic oxidation sites excluding steroid dienone is 1. The lowest BCUT2D eigenvalue weighted by Crippen LogP contribution is -2.03. The zero-order valence-electron chi connectivity index (χ0n) is 7.86. The van der Waals surface area contributed by atoms with Gasteiger partial charge < -0.3 is 0 Å². The van der Waals surface area contributed by atoms with Crippen molar-refractivity contribution in [2.24, 2.45) is 5.41 Å². The van der Waals surface area contributed by atoms with Crippen LogP contribution in [0.5, 0.6) is 0 Å². The highest BCUT2D eigenvalue weighted by atomic mass is 127. The quantitative estimate of drug-likeness (QED) is 0.517. The molecular formula is C10H19I. The highest BCUT2D eigenvalue weighted by Gasteiger charge is 2.07. The second kappa shape index (κ2) is 6.04. The average Bonchev–Trinajstić information content (AvgIpc) is 1.85. The molecule has 0 saturated carbocycles. The molecule has 0 aliphatic heterocycles. The highest BCUT2D eigenvalue weighted by molar-refractivity contribution is 14.1. The maximum absolute atomic E-state index is 2.31. The molecule has 0 spiro atoms. The molecule has 0 bridgehead atoms. The Balaban J connectivity index is 3.15.